The third kappa shape index (κ3) is 15.7. The van der Waals surface area contributed by atoms with Gasteiger partial charge in [0, 0.05) is 6.42 Å². The molecule has 1 N–H and O–H groups in total. The van der Waals surface area contributed by atoms with Crippen molar-refractivity contribution in [1.82, 2.24) is 4.90 Å². The molecular weight excluding hydrogens is 402 g/mol. The van der Waals surface area contributed by atoms with E-state index in [4.69, 9.17) is 9.84 Å². The summed E-state index contributed by atoms with van der Waals surface area (Å²) >= 11 is 0. The van der Waals surface area contributed by atoms with Crippen molar-refractivity contribution in [2.24, 2.45) is 5.92 Å². The SMILES string of the molecule is CCCCCCCCCCC(CCCCCCCCC(=O)O)OC(=O)C1CCN(C)CC1. The van der Waals surface area contributed by atoms with Crippen molar-refractivity contribution in [3.63, 3.8) is 0 Å². The molecule has 1 atom stereocenters. The molecule has 0 aromatic carbocycles. The summed E-state index contributed by atoms with van der Waals surface area (Å²) in [7, 11) is 2.12. The van der Waals surface area contributed by atoms with Crippen LogP contribution in [0.15, 0.2) is 0 Å². The molecule has 5 nitrogen and oxygen atoms in total. The highest BCUT2D eigenvalue weighted by atomic mass is 16.5. The van der Waals surface area contributed by atoms with E-state index in [1.807, 2.05) is 0 Å². The van der Waals surface area contributed by atoms with Gasteiger partial charge < -0.3 is 14.7 Å². The number of ether oxygens (including phenoxy) is 1. The first-order chi connectivity index (χ1) is 15.5. The van der Waals surface area contributed by atoms with Gasteiger partial charge in [0.25, 0.3) is 0 Å². The standard InChI is InChI=1S/C27H51NO4/c1-3-4-5-6-7-8-11-14-17-25(18-15-12-9-10-13-16-19-26(29)30)32-27(31)24-20-22-28(2)23-21-24/h24-25H,3-23H2,1-2H3,(H,29,30). The number of hydrogen-bond acceptors (Lipinski definition) is 4. The molecule has 5 heteroatoms. The molecule has 1 saturated heterocycles. The fourth-order valence-corrected chi connectivity index (χ4v) is 4.63. The maximum absolute atomic E-state index is 12.7. The fraction of sp³-hybridized carbons (Fsp3) is 0.926. The van der Waals surface area contributed by atoms with Crippen LogP contribution >= 0.6 is 0 Å². The topological polar surface area (TPSA) is 66.8 Å². The Morgan fingerprint density at radius 1 is 0.812 bits per heavy atom. The normalized spacial score (nSPS) is 16.2. The second-order valence-electron chi connectivity index (χ2n) is 9.95. The minimum absolute atomic E-state index is 0.0383. The molecule has 1 fully saturated rings. The van der Waals surface area contributed by atoms with E-state index in [9.17, 15) is 9.59 Å². The van der Waals surface area contributed by atoms with Gasteiger partial charge in [-0.05, 0) is 65.1 Å². The van der Waals surface area contributed by atoms with Gasteiger partial charge in [-0.2, -0.15) is 0 Å². The number of rotatable bonds is 20. The van der Waals surface area contributed by atoms with Crippen molar-refractivity contribution in [3.05, 3.63) is 0 Å². The molecular formula is C27H51NO4. The molecule has 0 aliphatic carbocycles. The monoisotopic (exact) mass is 453 g/mol. The smallest absolute Gasteiger partial charge is 0.309 e. The van der Waals surface area contributed by atoms with Crippen LogP contribution in [0.5, 0.6) is 0 Å². The van der Waals surface area contributed by atoms with E-state index in [1.165, 1.54) is 44.9 Å². The molecule has 1 heterocycles. The Balaban J connectivity index is 2.26. The molecule has 188 valence electrons. The van der Waals surface area contributed by atoms with Crippen LogP contribution in [0.1, 0.15) is 129 Å². The van der Waals surface area contributed by atoms with Crippen molar-refractivity contribution < 1.29 is 19.4 Å². The average molecular weight is 454 g/mol. The van der Waals surface area contributed by atoms with E-state index in [1.54, 1.807) is 0 Å². The summed E-state index contributed by atoms with van der Waals surface area (Å²) in [5.41, 5.74) is 0. The number of carbonyl (C=O) groups is 2. The quantitative estimate of drug-likeness (QED) is 0.159. The molecule has 1 aliphatic heterocycles. The third-order valence-electron chi connectivity index (χ3n) is 6.88. The molecule has 0 aromatic rings. The van der Waals surface area contributed by atoms with Gasteiger partial charge in [0.1, 0.15) is 6.10 Å². The van der Waals surface area contributed by atoms with Gasteiger partial charge in [0.2, 0.25) is 0 Å². The molecule has 0 amide bonds. The highest BCUT2D eigenvalue weighted by Crippen LogP contribution is 2.22. The van der Waals surface area contributed by atoms with Gasteiger partial charge in [-0.15, -0.1) is 0 Å². The molecule has 0 aromatic heterocycles. The largest absolute Gasteiger partial charge is 0.481 e. The fourth-order valence-electron chi connectivity index (χ4n) is 4.63. The van der Waals surface area contributed by atoms with Crippen LogP contribution in [-0.2, 0) is 14.3 Å². The Kier molecular flexibility index (Phi) is 17.5. The molecule has 0 radical (unpaired) electrons. The van der Waals surface area contributed by atoms with Crippen LogP contribution in [0.25, 0.3) is 0 Å². The van der Waals surface area contributed by atoms with Gasteiger partial charge in [0.05, 0.1) is 5.92 Å². The first kappa shape index (κ1) is 28.9. The molecule has 32 heavy (non-hydrogen) atoms. The molecule has 0 spiro atoms. The van der Waals surface area contributed by atoms with Crippen molar-refractivity contribution in [1.29, 1.82) is 0 Å². The highest BCUT2D eigenvalue weighted by Gasteiger charge is 2.26. The second kappa shape index (κ2) is 19.4. The highest BCUT2D eigenvalue weighted by molar-refractivity contribution is 5.72. The molecule has 1 aliphatic rings. The zero-order valence-electron chi connectivity index (χ0n) is 21.1. The minimum Gasteiger partial charge on any atom is -0.481 e. The first-order valence-electron chi connectivity index (χ1n) is 13.6. The van der Waals surface area contributed by atoms with Crippen molar-refractivity contribution in [2.45, 2.75) is 135 Å². The van der Waals surface area contributed by atoms with Gasteiger partial charge in [0.15, 0.2) is 0 Å². The van der Waals surface area contributed by atoms with Gasteiger partial charge >= 0.3 is 11.9 Å². The summed E-state index contributed by atoms with van der Waals surface area (Å²) in [5, 5.41) is 8.70. The first-order valence-corrected chi connectivity index (χ1v) is 13.6. The van der Waals surface area contributed by atoms with E-state index >= 15 is 0 Å². The predicted octanol–water partition coefficient (Wildman–Crippen LogP) is 6.98. The lowest BCUT2D eigenvalue weighted by Gasteiger charge is -2.29. The number of hydrogen-bond donors (Lipinski definition) is 1. The summed E-state index contributed by atoms with van der Waals surface area (Å²) in [6, 6.07) is 0. The Morgan fingerprint density at radius 3 is 1.78 bits per heavy atom. The lowest BCUT2D eigenvalue weighted by atomic mass is 9.97. The van der Waals surface area contributed by atoms with E-state index in [0.29, 0.717) is 0 Å². The number of piperidine rings is 1. The van der Waals surface area contributed by atoms with E-state index < -0.39 is 5.97 Å². The van der Waals surface area contributed by atoms with Crippen LogP contribution in [0.4, 0.5) is 0 Å². The van der Waals surface area contributed by atoms with Crippen LogP contribution in [0.3, 0.4) is 0 Å². The summed E-state index contributed by atoms with van der Waals surface area (Å²) in [4.78, 5) is 25.6. The van der Waals surface area contributed by atoms with Crippen LogP contribution in [-0.4, -0.2) is 48.2 Å². The van der Waals surface area contributed by atoms with Gasteiger partial charge in [-0.25, -0.2) is 0 Å². The zero-order valence-corrected chi connectivity index (χ0v) is 21.1. The van der Waals surface area contributed by atoms with Crippen molar-refractivity contribution in [3.8, 4) is 0 Å². The minimum atomic E-state index is -0.694. The van der Waals surface area contributed by atoms with Crippen LogP contribution in [0, 0.1) is 5.92 Å². The van der Waals surface area contributed by atoms with Crippen molar-refractivity contribution in [2.75, 3.05) is 20.1 Å². The summed E-state index contributed by atoms with van der Waals surface area (Å²) < 4.78 is 6.03. The zero-order chi connectivity index (χ0) is 23.4. The molecule has 0 saturated carbocycles. The van der Waals surface area contributed by atoms with E-state index in [0.717, 1.165) is 83.7 Å². The average Bonchev–Trinajstić information content (AvgIpc) is 2.77. The number of unbranched alkanes of at least 4 members (excludes halogenated alkanes) is 12. The summed E-state index contributed by atoms with van der Waals surface area (Å²) in [6.07, 6.45) is 20.9. The second-order valence-corrected chi connectivity index (χ2v) is 9.95. The van der Waals surface area contributed by atoms with Crippen LogP contribution in [0.2, 0.25) is 0 Å². The maximum atomic E-state index is 12.7. The number of likely N-dealkylation sites (tertiary alicyclic amines) is 1. The number of nitrogens with zero attached hydrogens (tertiary/aromatic N) is 1. The molecule has 0 bridgehead atoms. The predicted molar refractivity (Wildman–Crippen MR) is 132 cm³/mol. The van der Waals surface area contributed by atoms with Gasteiger partial charge in [-0.1, -0.05) is 77.6 Å². The Morgan fingerprint density at radius 2 is 1.28 bits per heavy atom. The van der Waals surface area contributed by atoms with E-state index in [2.05, 4.69) is 18.9 Å². The third-order valence-corrected chi connectivity index (χ3v) is 6.88. The molecule has 1 unspecified atom stereocenters. The van der Waals surface area contributed by atoms with Crippen LogP contribution < -0.4 is 0 Å². The maximum Gasteiger partial charge on any atom is 0.309 e. The number of carbonyl (C=O) groups excluding carboxylic acids is 1. The Hall–Kier alpha value is -1.10. The summed E-state index contributed by atoms with van der Waals surface area (Å²) in [6.45, 7) is 4.24. The number of aliphatic carboxylic acids is 1. The van der Waals surface area contributed by atoms with E-state index in [-0.39, 0.29) is 24.4 Å². The van der Waals surface area contributed by atoms with Gasteiger partial charge in [-0.3, -0.25) is 9.59 Å². The molecule has 1 rings (SSSR count). The lowest BCUT2D eigenvalue weighted by Crippen LogP contribution is -2.35. The summed E-state index contributed by atoms with van der Waals surface area (Å²) in [5.74, 6) is -0.571. The Labute approximate surface area is 197 Å². The number of carboxylic acid groups (broad SMARTS) is 1. The van der Waals surface area contributed by atoms with Crippen molar-refractivity contribution >= 4 is 11.9 Å². The number of carboxylic acids is 1. The lowest BCUT2D eigenvalue weighted by molar-refractivity contribution is -0.156. The Bertz CT molecular complexity index is 474. The number of esters is 1.